The third kappa shape index (κ3) is 5.69. The number of hydrogen-bond donors (Lipinski definition) is 4. The summed E-state index contributed by atoms with van der Waals surface area (Å²) in [4.78, 5) is 36.7. The molecule has 11 nitrogen and oxygen atoms in total. The lowest BCUT2D eigenvalue weighted by molar-refractivity contribution is -0.173. The van der Waals surface area contributed by atoms with Crippen molar-refractivity contribution < 1.29 is 39.5 Å². The lowest BCUT2D eigenvalue weighted by atomic mass is 9.82. The van der Waals surface area contributed by atoms with E-state index in [0.717, 1.165) is 5.56 Å². The van der Waals surface area contributed by atoms with Crippen LogP contribution in [0.15, 0.2) is 36.4 Å². The lowest BCUT2D eigenvalue weighted by Crippen LogP contribution is -2.49. The van der Waals surface area contributed by atoms with E-state index >= 15 is 0 Å². The second kappa shape index (κ2) is 10.4. The maximum absolute atomic E-state index is 11.9. The van der Waals surface area contributed by atoms with Gasteiger partial charge in [0.15, 0.2) is 5.60 Å². The highest BCUT2D eigenvalue weighted by Crippen LogP contribution is 2.34. The average Bonchev–Trinajstić information content (AvgIpc) is 3.05. The summed E-state index contributed by atoms with van der Waals surface area (Å²) in [6.45, 7) is 0.955. The molecule has 0 radical (unpaired) electrons. The molecule has 0 amide bonds. The molecule has 4 N–H and O–H groups in total. The van der Waals surface area contributed by atoms with Crippen LogP contribution in [-0.2, 0) is 26.2 Å². The molecule has 0 saturated carbocycles. The number of aromatic nitrogens is 2. The fourth-order valence-electron chi connectivity index (χ4n) is 3.33. The summed E-state index contributed by atoms with van der Waals surface area (Å²) >= 11 is 0. The Morgan fingerprint density at radius 3 is 2.28 bits per heavy atom. The number of aliphatic carboxylic acids is 3. The van der Waals surface area contributed by atoms with Crippen molar-refractivity contribution in [3.05, 3.63) is 53.3 Å². The largest absolute Gasteiger partial charge is 0.481 e. The predicted octanol–water partition coefficient (Wildman–Crippen LogP) is 0.546. The fraction of sp³-hybridized carbons (Fsp3) is 0.429. The van der Waals surface area contributed by atoms with E-state index in [1.807, 2.05) is 49.3 Å². The maximum Gasteiger partial charge on any atom is 0.337 e. The average molecular weight is 449 g/mol. The van der Waals surface area contributed by atoms with Gasteiger partial charge in [-0.1, -0.05) is 30.3 Å². The van der Waals surface area contributed by atoms with Gasteiger partial charge in [-0.15, -0.1) is 0 Å². The fourth-order valence-corrected chi connectivity index (χ4v) is 3.33. The van der Waals surface area contributed by atoms with Crippen LogP contribution in [0.5, 0.6) is 0 Å². The summed E-state index contributed by atoms with van der Waals surface area (Å²) in [5, 5.41) is 42.8. The van der Waals surface area contributed by atoms with Gasteiger partial charge in [0.1, 0.15) is 12.0 Å². The van der Waals surface area contributed by atoms with E-state index in [1.165, 1.54) is 17.8 Å². The number of nitrogens with zero attached hydrogens (tertiary/aromatic N) is 3. The molecule has 0 saturated heterocycles. The molecule has 0 fully saturated rings. The van der Waals surface area contributed by atoms with Gasteiger partial charge in [-0.3, -0.25) is 14.3 Å². The van der Waals surface area contributed by atoms with Gasteiger partial charge < -0.3 is 30.1 Å². The van der Waals surface area contributed by atoms with Crippen molar-refractivity contribution in [3.63, 3.8) is 0 Å². The maximum atomic E-state index is 11.9. The van der Waals surface area contributed by atoms with Crippen molar-refractivity contribution >= 4 is 17.9 Å². The highest BCUT2D eigenvalue weighted by atomic mass is 16.5. The molecule has 0 aliphatic rings. The number of likely N-dealkylation sites (N-methyl/N-ethyl adjacent to an activating group) is 1. The van der Waals surface area contributed by atoms with Gasteiger partial charge in [0.25, 0.3) is 0 Å². The standard InChI is InChI=1S/C21H27N3O8/c1-23(2)9-10-32-18(13-7-5-4-6-8-13)15-11-14(22-24(15)3)17(19(27)28)21(31,20(29)30)12-16(25)26/h4-8,11,17-18,31H,9-10,12H2,1-3H3,(H,25,26)(H,27,28)(H,29,30). The van der Waals surface area contributed by atoms with Crippen molar-refractivity contribution in [2.45, 2.75) is 24.0 Å². The molecular formula is C21H27N3O8. The zero-order chi connectivity index (χ0) is 24.1. The third-order valence-electron chi connectivity index (χ3n) is 4.94. The molecule has 0 aliphatic carbocycles. The molecular weight excluding hydrogens is 422 g/mol. The molecule has 11 heteroatoms. The van der Waals surface area contributed by atoms with Gasteiger partial charge in [0.05, 0.1) is 24.4 Å². The SMILES string of the molecule is CN(C)CCOC(c1ccccc1)c1cc(C(C(=O)O)C(O)(CC(=O)O)C(=O)O)nn1C. The van der Waals surface area contributed by atoms with Crippen LogP contribution in [-0.4, -0.2) is 85.9 Å². The Kier molecular flexibility index (Phi) is 8.08. The molecule has 2 aromatic rings. The van der Waals surface area contributed by atoms with Crippen molar-refractivity contribution in [1.82, 2.24) is 14.7 Å². The summed E-state index contributed by atoms with van der Waals surface area (Å²) in [7, 11) is 5.30. The van der Waals surface area contributed by atoms with Gasteiger partial charge >= 0.3 is 17.9 Å². The van der Waals surface area contributed by atoms with E-state index in [1.54, 1.807) is 0 Å². The zero-order valence-corrected chi connectivity index (χ0v) is 18.0. The van der Waals surface area contributed by atoms with E-state index < -0.39 is 42.0 Å². The first-order valence-corrected chi connectivity index (χ1v) is 9.72. The number of carboxylic acids is 3. The number of ether oxygens (including phenoxy) is 1. The summed E-state index contributed by atoms with van der Waals surface area (Å²) in [5.74, 6) is -7.47. The number of rotatable bonds is 12. The molecule has 2 rings (SSSR count). The van der Waals surface area contributed by atoms with Crippen LogP contribution in [0.1, 0.15) is 35.4 Å². The normalized spacial score (nSPS) is 15.2. The summed E-state index contributed by atoms with van der Waals surface area (Å²) in [6, 6.07) is 10.4. The molecule has 1 aromatic carbocycles. The smallest absolute Gasteiger partial charge is 0.337 e. The van der Waals surface area contributed by atoms with Crippen LogP contribution in [0.2, 0.25) is 0 Å². The van der Waals surface area contributed by atoms with Gasteiger partial charge in [0, 0.05) is 13.6 Å². The van der Waals surface area contributed by atoms with E-state index in [0.29, 0.717) is 18.8 Å². The molecule has 3 unspecified atom stereocenters. The highest BCUT2D eigenvalue weighted by Gasteiger charge is 2.52. The summed E-state index contributed by atoms with van der Waals surface area (Å²) in [5.41, 5.74) is -2.22. The van der Waals surface area contributed by atoms with Crippen molar-refractivity contribution in [1.29, 1.82) is 0 Å². The minimum absolute atomic E-state index is 0.293. The van der Waals surface area contributed by atoms with Crippen LogP contribution in [0.3, 0.4) is 0 Å². The number of aliphatic hydroxyl groups is 1. The molecule has 1 heterocycles. The summed E-state index contributed by atoms with van der Waals surface area (Å²) in [6.07, 6.45) is -1.97. The number of benzene rings is 1. The predicted molar refractivity (Wildman–Crippen MR) is 111 cm³/mol. The Balaban J connectivity index is 2.53. The topological polar surface area (TPSA) is 162 Å². The first kappa shape index (κ1) is 25.0. The van der Waals surface area contributed by atoms with Crippen LogP contribution < -0.4 is 0 Å². The van der Waals surface area contributed by atoms with Crippen molar-refractivity contribution in [3.8, 4) is 0 Å². The Morgan fingerprint density at radius 2 is 1.78 bits per heavy atom. The van der Waals surface area contributed by atoms with E-state index in [-0.39, 0.29) is 5.69 Å². The number of aryl methyl sites for hydroxylation is 1. The van der Waals surface area contributed by atoms with Gasteiger partial charge in [-0.25, -0.2) is 4.79 Å². The molecule has 0 aliphatic heterocycles. The molecule has 32 heavy (non-hydrogen) atoms. The summed E-state index contributed by atoms with van der Waals surface area (Å²) < 4.78 is 7.37. The number of carbonyl (C=O) groups is 3. The number of hydrogen-bond acceptors (Lipinski definition) is 7. The van der Waals surface area contributed by atoms with Crippen molar-refractivity contribution in [2.75, 3.05) is 27.2 Å². The molecule has 174 valence electrons. The highest BCUT2D eigenvalue weighted by molar-refractivity contribution is 5.92. The lowest BCUT2D eigenvalue weighted by Gasteiger charge is -2.27. The van der Waals surface area contributed by atoms with Crippen LogP contribution in [0, 0.1) is 0 Å². The second-order valence-electron chi connectivity index (χ2n) is 7.65. The van der Waals surface area contributed by atoms with E-state index in [2.05, 4.69) is 5.10 Å². The van der Waals surface area contributed by atoms with E-state index in [4.69, 9.17) is 9.84 Å². The van der Waals surface area contributed by atoms with Crippen molar-refractivity contribution in [2.24, 2.45) is 7.05 Å². The first-order chi connectivity index (χ1) is 15.0. The molecule has 1 aromatic heterocycles. The van der Waals surface area contributed by atoms with Crippen LogP contribution in [0.4, 0.5) is 0 Å². The molecule has 0 bridgehead atoms. The monoisotopic (exact) mass is 449 g/mol. The quantitative estimate of drug-likeness (QED) is 0.360. The van der Waals surface area contributed by atoms with Gasteiger partial charge in [0.2, 0.25) is 0 Å². The second-order valence-corrected chi connectivity index (χ2v) is 7.65. The zero-order valence-electron chi connectivity index (χ0n) is 18.0. The molecule has 3 atom stereocenters. The van der Waals surface area contributed by atoms with Crippen LogP contribution >= 0.6 is 0 Å². The third-order valence-corrected chi connectivity index (χ3v) is 4.94. The Labute approximate surface area is 184 Å². The first-order valence-electron chi connectivity index (χ1n) is 9.72. The molecule has 0 spiro atoms. The van der Waals surface area contributed by atoms with Gasteiger partial charge in [-0.05, 0) is 25.7 Å². The minimum Gasteiger partial charge on any atom is -0.481 e. The Morgan fingerprint density at radius 1 is 1.16 bits per heavy atom. The Bertz CT molecular complexity index is 959. The van der Waals surface area contributed by atoms with Gasteiger partial charge in [-0.2, -0.15) is 5.10 Å². The van der Waals surface area contributed by atoms with Crippen LogP contribution in [0.25, 0.3) is 0 Å². The van der Waals surface area contributed by atoms with E-state index in [9.17, 15) is 29.7 Å². The number of carboxylic acid groups (broad SMARTS) is 3. The Hall–Kier alpha value is -3.28. The minimum atomic E-state index is -3.10.